The Hall–Kier alpha value is -1.91. The molecule has 0 aliphatic heterocycles. The van der Waals surface area contributed by atoms with Crippen LogP contribution in [0.1, 0.15) is 45.1 Å². The van der Waals surface area contributed by atoms with Crippen LogP contribution in [0.2, 0.25) is 0 Å². The largest absolute Gasteiger partial charge is 0.356 e. The van der Waals surface area contributed by atoms with Crippen LogP contribution in [0, 0.1) is 11.7 Å². The zero-order chi connectivity index (χ0) is 16.5. The first kappa shape index (κ1) is 18.1. The molecule has 122 valence electrons. The van der Waals surface area contributed by atoms with E-state index in [1.807, 2.05) is 0 Å². The number of hydrogen-bond donors (Lipinski definition) is 2. The van der Waals surface area contributed by atoms with Crippen molar-refractivity contribution >= 4 is 11.8 Å². The second-order valence-corrected chi connectivity index (χ2v) is 5.79. The van der Waals surface area contributed by atoms with Crippen LogP contribution >= 0.6 is 0 Å². The number of rotatable bonds is 8. The van der Waals surface area contributed by atoms with Crippen LogP contribution in [0.15, 0.2) is 24.3 Å². The molecule has 1 aromatic rings. The van der Waals surface area contributed by atoms with Gasteiger partial charge in [0.05, 0.1) is 0 Å². The van der Waals surface area contributed by atoms with Crippen LogP contribution in [-0.4, -0.2) is 24.9 Å². The molecular formula is C17H25FN2O2. The van der Waals surface area contributed by atoms with Crippen LogP contribution in [0.25, 0.3) is 0 Å². The van der Waals surface area contributed by atoms with Crippen molar-refractivity contribution in [3.63, 3.8) is 0 Å². The summed E-state index contributed by atoms with van der Waals surface area (Å²) < 4.78 is 13.0. The molecule has 1 atom stereocenters. The molecule has 5 heteroatoms. The molecule has 0 radical (unpaired) electrons. The van der Waals surface area contributed by atoms with Crippen molar-refractivity contribution in [1.29, 1.82) is 0 Å². The van der Waals surface area contributed by atoms with Gasteiger partial charge in [0.25, 0.3) is 0 Å². The Bertz CT molecular complexity index is 486. The Morgan fingerprint density at radius 3 is 2.23 bits per heavy atom. The fourth-order valence-corrected chi connectivity index (χ4v) is 2.30. The van der Waals surface area contributed by atoms with Gasteiger partial charge in [-0.05, 0) is 36.0 Å². The maximum atomic E-state index is 13.0. The first-order valence-corrected chi connectivity index (χ1v) is 7.66. The highest BCUT2D eigenvalue weighted by Gasteiger charge is 2.19. The predicted octanol–water partition coefficient (Wildman–Crippen LogP) is 2.60. The van der Waals surface area contributed by atoms with Crippen LogP contribution in [0.3, 0.4) is 0 Å². The zero-order valence-electron chi connectivity index (χ0n) is 13.5. The monoisotopic (exact) mass is 308 g/mol. The minimum Gasteiger partial charge on any atom is -0.356 e. The number of carbonyl (C=O) groups excluding carboxylic acids is 2. The van der Waals surface area contributed by atoms with Gasteiger partial charge in [-0.2, -0.15) is 0 Å². The second kappa shape index (κ2) is 9.18. The molecule has 0 bridgehead atoms. The SMILES string of the molecule is CC(=O)NCCCNC(=O)CC(c1ccc(F)cc1)C(C)C. The molecule has 22 heavy (non-hydrogen) atoms. The van der Waals surface area contributed by atoms with Crippen molar-refractivity contribution in [2.45, 2.75) is 39.5 Å². The second-order valence-electron chi connectivity index (χ2n) is 5.79. The summed E-state index contributed by atoms with van der Waals surface area (Å²) in [7, 11) is 0. The molecule has 0 aliphatic rings. The summed E-state index contributed by atoms with van der Waals surface area (Å²) in [5.74, 6) is -0.00595. The Morgan fingerprint density at radius 2 is 1.68 bits per heavy atom. The van der Waals surface area contributed by atoms with Crippen molar-refractivity contribution in [3.05, 3.63) is 35.6 Å². The molecule has 0 aromatic heterocycles. The molecule has 2 N–H and O–H groups in total. The lowest BCUT2D eigenvalue weighted by atomic mass is 9.85. The molecule has 0 heterocycles. The molecule has 4 nitrogen and oxygen atoms in total. The van der Waals surface area contributed by atoms with E-state index in [9.17, 15) is 14.0 Å². The van der Waals surface area contributed by atoms with Crippen molar-refractivity contribution in [3.8, 4) is 0 Å². The Kier molecular flexibility index (Phi) is 7.57. The molecule has 1 unspecified atom stereocenters. The van der Waals surface area contributed by atoms with E-state index < -0.39 is 0 Å². The first-order valence-electron chi connectivity index (χ1n) is 7.66. The van der Waals surface area contributed by atoms with Gasteiger partial charge >= 0.3 is 0 Å². The van der Waals surface area contributed by atoms with Crippen molar-refractivity contribution in [1.82, 2.24) is 10.6 Å². The highest BCUT2D eigenvalue weighted by molar-refractivity contribution is 5.77. The molecule has 0 saturated carbocycles. The Balaban J connectivity index is 2.44. The minimum atomic E-state index is -0.270. The molecule has 0 aliphatic carbocycles. The van der Waals surface area contributed by atoms with Crippen molar-refractivity contribution in [2.75, 3.05) is 13.1 Å². The van der Waals surface area contributed by atoms with Crippen LogP contribution in [-0.2, 0) is 9.59 Å². The number of amides is 2. The van der Waals surface area contributed by atoms with Gasteiger partial charge in [-0.1, -0.05) is 26.0 Å². The van der Waals surface area contributed by atoms with Gasteiger partial charge in [-0.15, -0.1) is 0 Å². The highest BCUT2D eigenvalue weighted by atomic mass is 19.1. The fourth-order valence-electron chi connectivity index (χ4n) is 2.30. The Morgan fingerprint density at radius 1 is 1.09 bits per heavy atom. The quantitative estimate of drug-likeness (QED) is 0.725. The van der Waals surface area contributed by atoms with Crippen molar-refractivity contribution in [2.24, 2.45) is 5.92 Å². The van der Waals surface area contributed by atoms with E-state index in [2.05, 4.69) is 24.5 Å². The summed E-state index contributed by atoms with van der Waals surface area (Å²) in [5, 5.41) is 5.54. The lowest BCUT2D eigenvalue weighted by Crippen LogP contribution is -2.30. The molecule has 0 spiro atoms. The molecule has 0 saturated heterocycles. The zero-order valence-corrected chi connectivity index (χ0v) is 13.5. The lowest BCUT2D eigenvalue weighted by molar-refractivity contribution is -0.121. The highest BCUT2D eigenvalue weighted by Crippen LogP contribution is 2.27. The van der Waals surface area contributed by atoms with E-state index in [1.165, 1.54) is 19.1 Å². The van der Waals surface area contributed by atoms with Crippen molar-refractivity contribution < 1.29 is 14.0 Å². The smallest absolute Gasteiger partial charge is 0.220 e. The van der Waals surface area contributed by atoms with E-state index >= 15 is 0 Å². The minimum absolute atomic E-state index is 0.0224. The number of hydrogen-bond acceptors (Lipinski definition) is 2. The normalized spacial score (nSPS) is 12.0. The maximum Gasteiger partial charge on any atom is 0.220 e. The summed E-state index contributed by atoms with van der Waals surface area (Å²) in [6, 6.07) is 6.33. The van der Waals surface area contributed by atoms with Gasteiger partial charge in [-0.25, -0.2) is 4.39 Å². The number of nitrogens with one attached hydrogen (secondary N) is 2. The summed E-state index contributed by atoms with van der Waals surface area (Å²) >= 11 is 0. The number of carbonyl (C=O) groups is 2. The third-order valence-electron chi connectivity index (χ3n) is 3.56. The van der Waals surface area contributed by atoms with E-state index in [0.717, 1.165) is 5.56 Å². The summed E-state index contributed by atoms with van der Waals surface area (Å²) in [6.45, 7) is 6.67. The van der Waals surface area contributed by atoms with Crippen LogP contribution in [0.4, 0.5) is 4.39 Å². The van der Waals surface area contributed by atoms with Crippen LogP contribution < -0.4 is 10.6 Å². The van der Waals surface area contributed by atoms with Gasteiger partial charge in [-0.3, -0.25) is 9.59 Å². The van der Waals surface area contributed by atoms with E-state index in [-0.39, 0.29) is 29.5 Å². The van der Waals surface area contributed by atoms with E-state index in [1.54, 1.807) is 12.1 Å². The predicted molar refractivity (Wildman–Crippen MR) is 84.9 cm³/mol. The number of halogens is 1. The number of benzene rings is 1. The molecule has 1 aromatic carbocycles. The third-order valence-corrected chi connectivity index (χ3v) is 3.56. The summed E-state index contributed by atoms with van der Waals surface area (Å²) in [5.41, 5.74) is 0.977. The van der Waals surface area contributed by atoms with Gasteiger partial charge in [0.15, 0.2) is 0 Å². The maximum absolute atomic E-state index is 13.0. The van der Waals surface area contributed by atoms with Gasteiger partial charge in [0.1, 0.15) is 5.82 Å². The topological polar surface area (TPSA) is 58.2 Å². The van der Waals surface area contributed by atoms with E-state index in [0.29, 0.717) is 25.9 Å². The van der Waals surface area contributed by atoms with Crippen LogP contribution in [0.5, 0.6) is 0 Å². The third kappa shape index (κ3) is 6.70. The lowest BCUT2D eigenvalue weighted by Gasteiger charge is -2.21. The molecule has 1 rings (SSSR count). The Labute approximate surface area is 131 Å². The van der Waals surface area contributed by atoms with Gasteiger partial charge < -0.3 is 10.6 Å². The van der Waals surface area contributed by atoms with E-state index in [4.69, 9.17) is 0 Å². The fraction of sp³-hybridized carbons (Fsp3) is 0.529. The average molecular weight is 308 g/mol. The molecule has 2 amide bonds. The average Bonchev–Trinajstić information content (AvgIpc) is 2.45. The van der Waals surface area contributed by atoms with Gasteiger partial charge in [0.2, 0.25) is 11.8 Å². The standard InChI is InChI=1S/C17H25FN2O2/c1-12(2)16(14-5-7-15(18)8-6-14)11-17(22)20-10-4-9-19-13(3)21/h5-8,12,16H,4,9-11H2,1-3H3,(H,19,21)(H,20,22). The summed E-state index contributed by atoms with van der Waals surface area (Å²) in [6.07, 6.45) is 1.08. The van der Waals surface area contributed by atoms with Gasteiger partial charge in [0, 0.05) is 26.4 Å². The molecule has 0 fully saturated rings. The summed E-state index contributed by atoms with van der Waals surface area (Å²) in [4.78, 5) is 22.7. The first-order chi connectivity index (χ1) is 10.4. The molecular weight excluding hydrogens is 283 g/mol.